The third-order valence-corrected chi connectivity index (χ3v) is 4.30. The maximum atomic E-state index is 12.5. The molecular formula is C19H18N2O7. The zero-order chi connectivity index (χ0) is 20.4. The van der Waals surface area contributed by atoms with Crippen LogP contribution in [0.15, 0.2) is 24.3 Å². The molecule has 9 heteroatoms. The van der Waals surface area contributed by atoms with E-state index in [1.54, 1.807) is 19.1 Å². The van der Waals surface area contributed by atoms with Gasteiger partial charge in [-0.2, -0.15) is 0 Å². The first-order chi connectivity index (χ1) is 13.4. The Labute approximate surface area is 160 Å². The van der Waals surface area contributed by atoms with Crippen molar-refractivity contribution in [1.29, 1.82) is 0 Å². The highest BCUT2D eigenvalue weighted by molar-refractivity contribution is 6.21. The van der Waals surface area contributed by atoms with Gasteiger partial charge in [0, 0.05) is 12.8 Å². The molecule has 0 aliphatic carbocycles. The molecule has 1 N–H and O–H groups in total. The number of aryl methyl sites for hydroxylation is 1. The number of benzene rings is 1. The van der Waals surface area contributed by atoms with Crippen molar-refractivity contribution in [3.05, 3.63) is 57.9 Å². The lowest BCUT2D eigenvalue weighted by Crippen LogP contribution is -2.33. The van der Waals surface area contributed by atoms with E-state index in [9.17, 15) is 19.2 Å². The van der Waals surface area contributed by atoms with Gasteiger partial charge >= 0.3 is 11.9 Å². The minimum Gasteiger partial charge on any atom is -0.460 e. The molecule has 0 saturated carbocycles. The summed E-state index contributed by atoms with van der Waals surface area (Å²) < 4.78 is 9.90. The zero-order valence-corrected chi connectivity index (χ0v) is 15.5. The summed E-state index contributed by atoms with van der Waals surface area (Å²) in [5, 5.41) is 0.416. The number of imide groups is 1. The van der Waals surface area contributed by atoms with Crippen LogP contribution >= 0.6 is 0 Å². The van der Waals surface area contributed by atoms with Gasteiger partial charge in [0.1, 0.15) is 12.3 Å². The summed E-state index contributed by atoms with van der Waals surface area (Å²) >= 11 is 0. The number of hydroxylamine groups is 2. The van der Waals surface area contributed by atoms with Crippen LogP contribution in [0.4, 0.5) is 0 Å². The lowest BCUT2D eigenvalue weighted by atomic mass is 10.1. The molecule has 1 aliphatic rings. The number of ether oxygens (including phenoxy) is 2. The highest BCUT2D eigenvalue weighted by Crippen LogP contribution is 2.25. The lowest BCUT2D eigenvalue weighted by molar-refractivity contribution is -0.0588. The van der Waals surface area contributed by atoms with Gasteiger partial charge in [-0.15, -0.1) is 0 Å². The fourth-order valence-electron chi connectivity index (χ4n) is 2.93. The Bertz CT molecular complexity index is 942. The standard InChI is InChI=1S/C19H18N2O7/c1-10-14(18(24)27-9-8-26-3)11(2)20-15(10)19(25)28-21-16(22)12-6-4-5-7-13(12)17(21)23/h4-7,20H,8-9H2,1-3H3. The Kier molecular flexibility index (Phi) is 5.27. The van der Waals surface area contributed by atoms with Gasteiger partial charge in [0.25, 0.3) is 11.8 Å². The van der Waals surface area contributed by atoms with Crippen LogP contribution in [0, 0.1) is 13.8 Å². The van der Waals surface area contributed by atoms with Crippen molar-refractivity contribution in [1.82, 2.24) is 10.0 Å². The predicted molar refractivity (Wildman–Crippen MR) is 94.8 cm³/mol. The molecule has 9 nitrogen and oxygen atoms in total. The second kappa shape index (κ2) is 7.65. The van der Waals surface area contributed by atoms with Gasteiger partial charge in [0.2, 0.25) is 0 Å². The molecule has 28 heavy (non-hydrogen) atoms. The molecule has 0 spiro atoms. The number of aromatic nitrogens is 1. The van der Waals surface area contributed by atoms with Crippen molar-refractivity contribution >= 4 is 23.8 Å². The molecule has 0 atom stereocenters. The number of hydrogen-bond acceptors (Lipinski definition) is 7. The van der Waals surface area contributed by atoms with E-state index in [4.69, 9.17) is 14.3 Å². The number of aromatic amines is 1. The number of amides is 2. The first kappa shape index (κ1) is 19.3. The quantitative estimate of drug-likeness (QED) is 0.457. The van der Waals surface area contributed by atoms with E-state index >= 15 is 0 Å². The number of carbonyl (C=O) groups is 4. The molecule has 0 saturated heterocycles. The monoisotopic (exact) mass is 386 g/mol. The number of fused-ring (bicyclic) bond motifs is 1. The molecule has 0 bridgehead atoms. The van der Waals surface area contributed by atoms with Gasteiger partial charge in [-0.05, 0) is 31.5 Å². The SMILES string of the molecule is COCCOC(=O)c1c(C)[nH]c(C(=O)ON2C(=O)c3ccccc3C2=O)c1C. The third-order valence-electron chi connectivity index (χ3n) is 4.30. The van der Waals surface area contributed by atoms with E-state index in [2.05, 4.69) is 4.98 Å². The molecular weight excluding hydrogens is 368 g/mol. The fraction of sp³-hybridized carbons (Fsp3) is 0.263. The van der Waals surface area contributed by atoms with Crippen molar-refractivity contribution in [2.24, 2.45) is 0 Å². The molecule has 0 fully saturated rings. The summed E-state index contributed by atoms with van der Waals surface area (Å²) in [6.07, 6.45) is 0. The highest BCUT2D eigenvalue weighted by atomic mass is 16.7. The van der Waals surface area contributed by atoms with Crippen LogP contribution < -0.4 is 0 Å². The first-order valence-electron chi connectivity index (χ1n) is 8.42. The Balaban J connectivity index is 1.79. The van der Waals surface area contributed by atoms with Crippen molar-refractivity contribution < 1.29 is 33.5 Å². The van der Waals surface area contributed by atoms with E-state index in [0.29, 0.717) is 16.3 Å². The molecule has 2 heterocycles. The lowest BCUT2D eigenvalue weighted by Gasteiger charge is -2.12. The molecule has 1 aromatic heterocycles. The summed E-state index contributed by atoms with van der Waals surface area (Å²) in [7, 11) is 1.48. The molecule has 0 radical (unpaired) electrons. The average molecular weight is 386 g/mol. The molecule has 2 amide bonds. The van der Waals surface area contributed by atoms with Gasteiger partial charge in [0.05, 0.1) is 23.3 Å². The largest absolute Gasteiger partial charge is 0.460 e. The first-order valence-corrected chi connectivity index (χ1v) is 8.42. The van der Waals surface area contributed by atoms with Crippen LogP contribution in [-0.2, 0) is 14.3 Å². The smallest absolute Gasteiger partial charge is 0.380 e. The van der Waals surface area contributed by atoms with Crippen LogP contribution in [0.2, 0.25) is 0 Å². The van der Waals surface area contributed by atoms with Crippen LogP contribution in [0.25, 0.3) is 0 Å². The maximum Gasteiger partial charge on any atom is 0.380 e. The zero-order valence-electron chi connectivity index (χ0n) is 15.5. The molecule has 146 valence electrons. The van der Waals surface area contributed by atoms with Gasteiger partial charge in [0.15, 0.2) is 0 Å². The third kappa shape index (κ3) is 3.27. The fourth-order valence-corrected chi connectivity index (χ4v) is 2.93. The van der Waals surface area contributed by atoms with Crippen LogP contribution in [0.3, 0.4) is 0 Å². The number of hydrogen-bond donors (Lipinski definition) is 1. The van der Waals surface area contributed by atoms with Crippen LogP contribution in [-0.4, -0.2) is 54.1 Å². The van der Waals surface area contributed by atoms with E-state index < -0.39 is 23.8 Å². The normalized spacial score (nSPS) is 12.9. The van der Waals surface area contributed by atoms with Crippen molar-refractivity contribution in [3.8, 4) is 0 Å². The molecule has 1 aliphatic heterocycles. The number of esters is 1. The number of nitrogens with zero attached hydrogens (tertiary/aromatic N) is 1. The molecule has 0 unspecified atom stereocenters. The average Bonchev–Trinajstić information content (AvgIpc) is 3.10. The molecule has 3 rings (SSSR count). The van der Waals surface area contributed by atoms with Crippen LogP contribution in [0.1, 0.15) is 52.8 Å². The number of rotatable bonds is 6. The van der Waals surface area contributed by atoms with E-state index in [0.717, 1.165) is 0 Å². The van der Waals surface area contributed by atoms with Gasteiger partial charge < -0.3 is 19.3 Å². The number of H-pyrrole nitrogens is 1. The molecule has 1 aromatic carbocycles. The minimum absolute atomic E-state index is 0.0484. The Morgan fingerprint density at radius 3 is 2.18 bits per heavy atom. The second-order valence-electron chi connectivity index (χ2n) is 6.08. The van der Waals surface area contributed by atoms with E-state index in [1.807, 2.05) is 0 Å². The van der Waals surface area contributed by atoms with Crippen molar-refractivity contribution in [2.45, 2.75) is 13.8 Å². The second-order valence-corrected chi connectivity index (χ2v) is 6.08. The van der Waals surface area contributed by atoms with Gasteiger partial charge in [-0.25, -0.2) is 9.59 Å². The van der Waals surface area contributed by atoms with Crippen molar-refractivity contribution in [2.75, 3.05) is 20.3 Å². The predicted octanol–water partition coefficient (Wildman–Crippen LogP) is 1.80. The topological polar surface area (TPSA) is 115 Å². The summed E-state index contributed by atoms with van der Waals surface area (Å²) in [4.78, 5) is 57.2. The highest BCUT2D eigenvalue weighted by Gasteiger charge is 2.39. The van der Waals surface area contributed by atoms with Gasteiger partial charge in [-0.1, -0.05) is 17.2 Å². The molecule has 2 aromatic rings. The number of methoxy groups -OCH3 is 1. The number of carbonyl (C=O) groups excluding carboxylic acids is 4. The van der Waals surface area contributed by atoms with Gasteiger partial charge in [-0.3, -0.25) is 9.59 Å². The Morgan fingerprint density at radius 2 is 1.61 bits per heavy atom. The van der Waals surface area contributed by atoms with E-state index in [1.165, 1.54) is 26.2 Å². The maximum absolute atomic E-state index is 12.5. The summed E-state index contributed by atoms with van der Waals surface area (Å²) in [5.74, 6) is -3.04. The summed E-state index contributed by atoms with van der Waals surface area (Å²) in [5.41, 5.74) is 1.14. The summed E-state index contributed by atoms with van der Waals surface area (Å²) in [6.45, 7) is 3.44. The Hall–Kier alpha value is -3.46. The Morgan fingerprint density at radius 1 is 1.00 bits per heavy atom. The summed E-state index contributed by atoms with van der Waals surface area (Å²) in [6, 6.07) is 6.16. The van der Waals surface area contributed by atoms with Crippen LogP contribution in [0.5, 0.6) is 0 Å². The van der Waals surface area contributed by atoms with Crippen molar-refractivity contribution in [3.63, 3.8) is 0 Å². The minimum atomic E-state index is -0.967. The van der Waals surface area contributed by atoms with E-state index in [-0.39, 0.29) is 35.6 Å². The number of nitrogens with one attached hydrogen (secondary N) is 1.